The van der Waals surface area contributed by atoms with E-state index in [9.17, 15) is 9.59 Å². The number of thiophene rings is 1. The molecule has 1 amide bonds. The van der Waals surface area contributed by atoms with Gasteiger partial charge in [0.2, 0.25) is 5.91 Å². The van der Waals surface area contributed by atoms with E-state index in [1.165, 1.54) is 16.6 Å². The lowest BCUT2D eigenvalue weighted by molar-refractivity contribution is -0.113. The molecule has 4 aromatic rings. The summed E-state index contributed by atoms with van der Waals surface area (Å²) in [6, 6.07) is 12.7. The molecule has 0 atom stereocenters. The molecule has 5 nitrogen and oxygen atoms in total. The number of fused-ring (bicyclic) bond motifs is 3. The largest absolute Gasteiger partial charge is 0.325 e. The van der Waals surface area contributed by atoms with Crippen molar-refractivity contribution in [2.24, 2.45) is 0 Å². The van der Waals surface area contributed by atoms with Crippen LogP contribution in [0.5, 0.6) is 0 Å². The molecule has 0 fully saturated rings. The number of anilines is 1. The van der Waals surface area contributed by atoms with Gasteiger partial charge in [-0.1, -0.05) is 52.7 Å². The van der Waals surface area contributed by atoms with Crippen LogP contribution in [-0.2, 0) is 17.6 Å². The standard InChI is InChI=1S/C25H21Cl2N3O2S2/c1-14-6-9-16(10-7-14)30-24(32)22-17-4-2-3-5-20(17)34-23(22)29-25(30)33-13-21(31)28-15-8-11-18(26)19(27)12-15/h6-12H,2-5,13H2,1H3,(H,28,31). The summed E-state index contributed by atoms with van der Waals surface area (Å²) in [5, 5.41) is 4.85. The van der Waals surface area contributed by atoms with E-state index >= 15 is 0 Å². The molecule has 0 bridgehead atoms. The summed E-state index contributed by atoms with van der Waals surface area (Å²) in [4.78, 5) is 33.3. The Morgan fingerprint density at radius 3 is 2.65 bits per heavy atom. The van der Waals surface area contributed by atoms with E-state index in [1.807, 2.05) is 31.2 Å². The van der Waals surface area contributed by atoms with Crippen LogP contribution in [0.4, 0.5) is 5.69 Å². The Morgan fingerprint density at radius 1 is 1.12 bits per heavy atom. The van der Waals surface area contributed by atoms with Gasteiger partial charge in [0, 0.05) is 10.6 Å². The molecule has 0 radical (unpaired) electrons. The van der Waals surface area contributed by atoms with Gasteiger partial charge in [-0.15, -0.1) is 11.3 Å². The maximum Gasteiger partial charge on any atom is 0.267 e. The first kappa shape index (κ1) is 23.4. The van der Waals surface area contributed by atoms with Gasteiger partial charge in [-0.25, -0.2) is 4.98 Å². The van der Waals surface area contributed by atoms with E-state index in [4.69, 9.17) is 28.2 Å². The van der Waals surface area contributed by atoms with Gasteiger partial charge < -0.3 is 5.32 Å². The maximum atomic E-state index is 13.8. The van der Waals surface area contributed by atoms with E-state index in [1.54, 1.807) is 34.1 Å². The van der Waals surface area contributed by atoms with Crippen LogP contribution >= 0.6 is 46.3 Å². The normalized spacial score (nSPS) is 13.1. The van der Waals surface area contributed by atoms with Crippen LogP contribution in [0, 0.1) is 6.92 Å². The number of aromatic nitrogens is 2. The lowest BCUT2D eigenvalue weighted by Crippen LogP contribution is -2.23. The van der Waals surface area contributed by atoms with Crippen LogP contribution in [-0.4, -0.2) is 21.2 Å². The second-order valence-electron chi connectivity index (χ2n) is 8.23. The molecule has 2 aromatic carbocycles. The van der Waals surface area contributed by atoms with Gasteiger partial charge in [0.15, 0.2) is 5.16 Å². The van der Waals surface area contributed by atoms with E-state index < -0.39 is 0 Å². The van der Waals surface area contributed by atoms with Crippen LogP contribution in [0.25, 0.3) is 15.9 Å². The summed E-state index contributed by atoms with van der Waals surface area (Å²) in [7, 11) is 0. The molecule has 5 rings (SSSR count). The summed E-state index contributed by atoms with van der Waals surface area (Å²) in [5.74, 6) is -0.131. The van der Waals surface area contributed by atoms with Crippen LogP contribution in [0.2, 0.25) is 10.0 Å². The number of hydrogen-bond donors (Lipinski definition) is 1. The number of rotatable bonds is 5. The van der Waals surface area contributed by atoms with Gasteiger partial charge in [0.05, 0.1) is 26.9 Å². The average Bonchev–Trinajstić information content (AvgIpc) is 3.20. The molecular weight excluding hydrogens is 509 g/mol. The predicted octanol–water partition coefficient (Wildman–Crippen LogP) is 6.67. The summed E-state index contributed by atoms with van der Waals surface area (Å²) in [6.45, 7) is 2.01. The zero-order chi connectivity index (χ0) is 23.8. The van der Waals surface area contributed by atoms with Gasteiger partial charge in [-0.2, -0.15) is 0 Å². The van der Waals surface area contributed by atoms with E-state index in [-0.39, 0.29) is 17.2 Å². The summed E-state index contributed by atoms with van der Waals surface area (Å²) in [6.07, 6.45) is 4.14. The minimum atomic E-state index is -0.223. The molecule has 2 heterocycles. The molecule has 0 saturated heterocycles. The van der Waals surface area contributed by atoms with Gasteiger partial charge in [0.25, 0.3) is 5.56 Å². The number of aryl methyl sites for hydroxylation is 3. The molecule has 2 aromatic heterocycles. The number of hydrogen-bond acceptors (Lipinski definition) is 5. The Hall–Kier alpha value is -2.32. The molecule has 174 valence electrons. The second kappa shape index (κ2) is 9.74. The molecule has 34 heavy (non-hydrogen) atoms. The number of nitrogens with zero attached hydrogens (tertiary/aromatic N) is 2. The highest BCUT2D eigenvalue weighted by Gasteiger charge is 2.23. The van der Waals surface area contributed by atoms with Crippen LogP contribution in [0.1, 0.15) is 28.8 Å². The minimum absolute atomic E-state index is 0.0688. The van der Waals surface area contributed by atoms with Crippen LogP contribution < -0.4 is 10.9 Å². The van der Waals surface area contributed by atoms with Crippen molar-refractivity contribution in [1.82, 2.24) is 9.55 Å². The van der Waals surface area contributed by atoms with Crippen LogP contribution in [0.3, 0.4) is 0 Å². The van der Waals surface area contributed by atoms with E-state index in [0.717, 1.165) is 52.7 Å². The van der Waals surface area contributed by atoms with E-state index in [0.29, 0.717) is 20.9 Å². The SMILES string of the molecule is Cc1ccc(-n2c(SCC(=O)Nc3ccc(Cl)c(Cl)c3)nc3sc4c(c3c2=O)CCCC4)cc1. The molecule has 0 spiro atoms. The zero-order valence-corrected chi connectivity index (χ0v) is 21.5. The van der Waals surface area contributed by atoms with Crippen molar-refractivity contribution < 1.29 is 4.79 Å². The fraction of sp³-hybridized carbons (Fsp3) is 0.240. The topological polar surface area (TPSA) is 64.0 Å². The smallest absolute Gasteiger partial charge is 0.267 e. The molecule has 1 aliphatic rings. The maximum absolute atomic E-state index is 13.8. The summed E-state index contributed by atoms with van der Waals surface area (Å²) in [5.41, 5.74) is 3.49. The summed E-state index contributed by atoms with van der Waals surface area (Å²) < 4.78 is 1.64. The number of thioether (sulfide) groups is 1. The predicted molar refractivity (Wildman–Crippen MR) is 142 cm³/mol. The Balaban J connectivity index is 1.50. The molecule has 0 saturated carbocycles. The number of halogens is 2. The average molecular weight is 531 g/mol. The number of carbonyl (C=O) groups is 1. The third-order valence-electron chi connectivity index (χ3n) is 5.79. The number of nitrogens with one attached hydrogen (secondary N) is 1. The van der Waals surface area contributed by atoms with E-state index in [2.05, 4.69) is 5.32 Å². The molecular formula is C25H21Cl2N3O2S2. The molecule has 1 aliphatic carbocycles. The Labute approximate surface area is 215 Å². The van der Waals surface area contributed by atoms with Crippen molar-refractivity contribution >= 4 is 68.1 Å². The van der Waals surface area contributed by atoms with Crippen molar-refractivity contribution in [3.63, 3.8) is 0 Å². The Morgan fingerprint density at radius 2 is 1.88 bits per heavy atom. The molecule has 0 aliphatic heterocycles. The number of amides is 1. The van der Waals surface area contributed by atoms with Crippen molar-refractivity contribution in [3.05, 3.63) is 78.9 Å². The first-order chi connectivity index (χ1) is 16.4. The third-order valence-corrected chi connectivity index (χ3v) is 8.65. The monoisotopic (exact) mass is 529 g/mol. The molecule has 9 heteroatoms. The lowest BCUT2D eigenvalue weighted by atomic mass is 9.97. The molecule has 0 unspecified atom stereocenters. The first-order valence-electron chi connectivity index (χ1n) is 10.9. The van der Waals surface area contributed by atoms with Crippen molar-refractivity contribution in [1.29, 1.82) is 0 Å². The Kier molecular flexibility index (Phi) is 6.71. The van der Waals surface area contributed by atoms with Crippen molar-refractivity contribution in [2.45, 2.75) is 37.8 Å². The quantitative estimate of drug-likeness (QED) is 0.231. The highest BCUT2D eigenvalue weighted by molar-refractivity contribution is 7.99. The van der Waals surface area contributed by atoms with Crippen molar-refractivity contribution in [2.75, 3.05) is 11.1 Å². The van der Waals surface area contributed by atoms with Crippen LogP contribution in [0.15, 0.2) is 52.4 Å². The fourth-order valence-electron chi connectivity index (χ4n) is 4.11. The highest BCUT2D eigenvalue weighted by atomic mass is 35.5. The third kappa shape index (κ3) is 4.62. The second-order valence-corrected chi connectivity index (χ2v) is 11.1. The first-order valence-corrected chi connectivity index (χ1v) is 13.5. The van der Waals surface area contributed by atoms with Gasteiger partial charge in [-0.05, 0) is 68.5 Å². The minimum Gasteiger partial charge on any atom is -0.325 e. The van der Waals surface area contributed by atoms with Gasteiger partial charge >= 0.3 is 0 Å². The lowest BCUT2D eigenvalue weighted by Gasteiger charge is -2.14. The Bertz CT molecular complexity index is 1460. The van der Waals surface area contributed by atoms with Gasteiger partial charge in [0.1, 0.15) is 4.83 Å². The number of benzene rings is 2. The van der Waals surface area contributed by atoms with Gasteiger partial charge in [-0.3, -0.25) is 14.2 Å². The number of carbonyl (C=O) groups excluding carboxylic acids is 1. The zero-order valence-electron chi connectivity index (χ0n) is 18.4. The fourth-order valence-corrected chi connectivity index (χ4v) is 6.52. The van der Waals surface area contributed by atoms with Crippen molar-refractivity contribution in [3.8, 4) is 5.69 Å². The highest BCUT2D eigenvalue weighted by Crippen LogP contribution is 2.35. The summed E-state index contributed by atoms with van der Waals surface area (Å²) >= 11 is 14.9. The molecule has 1 N–H and O–H groups in total.